The van der Waals surface area contributed by atoms with E-state index in [0.29, 0.717) is 11.5 Å². The van der Waals surface area contributed by atoms with Gasteiger partial charge in [-0.25, -0.2) is 0 Å². The summed E-state index contributed by atoms with van der Waals surface area (Å²) in [6.45, 7) is 6.01. The summed E-state index contributed by atoms with van der Waals surface area (Å²) in [6.07, 6.45) is 0. The molecule has 1 N–H and O–H groups in total. The lowest BCUT2D eigenvalue weighted by Crippen LogP contribution is -2.38. The van der Waals surface area contributed by atoms with Crippen molar-refractivity contribution >= 4 is 17.3 Å². The number of carbonyl (C=O) groups excluding carboxylic acids is 1. The first-order chi connectivity index (χ1) is 9.31. The summed E-state index contributed by atoms with van der Waals surface area (Å²) in [5.74, 6) is 0.0833. The highest BCUT2D eigenvalue weighted by molar-refractivity contribution is 6.01. The zero-order valence-electron chi connectivity index (χ0n) is 12.5. The molecule has 1 rings (SSSR count). The van der Waals surface area contributed by atoms with Crippen LogP contribution in [0.3, 0.4) is 0 Å². The van der Waals surface area contributed by atoms with Crippen molar-refractivity contribution in [3.8, 4) is 0 Å². The van der Waals surface area contributed by atoms with Gasteiger partial charge in [0.05, 0.1) is 10.5 Å². The molecule has 20 heavy (non-hydrogen) atoms. The molecule has 0 fully saturated rings. The second kappa shape index (κ2) is 6.36. The lowest BCUT2D eigenvalue weighted by Gasteiger charge is -2.28. The molecule has 6 nitrogen and oxygen atoms in total. The van der Waals surface area contributed by atoms with Gasteiger partial charge >= 0.3 is 0 Å². The molecule has 0 aromatic heterocycles. The van der Waals surface area contributed by atoms with Crippen LogP contribution in [0.15, 0.2) is 18.2 Å². The first-order valence-corrected chi connectivity index (χ1v) is 6.53. The third kappa shape index (κ3) is 3.07. The summed E-state index contributed by atoms with van der Waals surface area (Å²) in [6, 6.07) is 4.56. The van der Waals surface area contributed by atoms with Gasteiger partial charge in [-0.15, -0.1) is 0 Å². The maximum Gasteiger partial charge on any atom is 0.293 e. The summed E-state index contributed by atoms with van der Waals surface area (Å²) in [5.41, 5.74) is 0.478. The molecular weight excluding hydrogens is 258 g/mol. The topological polar surface area (TPSA) is 75.5 Å². The summed E-state index contributed by atoms with van der Waals surface area (Å²) >= 11 is 0. The van der Waals surface area contributed by atoms with Crippen molar-refractivity contribution in [1.82, 2.24) is 4.90 Å². The second-order valence-corrected chi connectivity index (χ2v) is 5.11. The van der Waals surface area contributed by atoms with E-state index in [1.807, 2.05) is 20.8 Å². The third-order valence-corrected chi connectivity index (χ3v) is 3.62. The number of amides is 1. The smallest absolute Gasteiger partial charge is 0.293 e. The van der Waals surface area contributed by atoms with E-state index in [9.17, 15) is 14.9 Å². The van der Waals surface area contributed by atoms with Crippen molar-refractivity contribution in [2.75, 3.05) is 19.4 Å². The SMILES string of the molecule is CNc1c(C(=O)N(C)C(C)C(C)C)cccc1[N+](=O)[O-]. The molecule has 1 atom stereocenters. The van der Waals surface area contributed by atoms with Crippen LogP contribution in [0.25, 0.3) is 0 Å². The minimum Gasteiger partial charge on any atom is -0.382 e. The predicted molar refractivity (Wildman–Crippen MR) is 79.0 cm³/mol. The Balaban J connectivity index is 3.23. The standard InChI is InChI=1S/C14H21N3O3/c1-9(2)10(3)16(5)14(18)11-7-6-8-12(17(19)20)13(11)15-4/h6-10,15H,1-5H3. The zero-order chi connectivity index (χ0) is 15.4. The number of para-hydroxylation sites is 1. The monoisotopic (exact) mass is 279 g/mol. The first kappa shape index (κ1) is 15.9. The van der Waals surface area contributed by atoms with Crippen LogP contribution in [0.1, 0.15) is 31.1 Å². The number of rotatable bonds is 5. The molecule has 0 saturated carbocycles. The van der Waals surface area contributed by atoms with Crippen LogP contribution < -0.4 is 5.32 Å². The predicted octanol–water partition coefficient (Wildman–Crippen LogP) is 2.75. The number of hydrogen-bond donors (Lipinski definition) is 1. The summed E-state index contributed by atoms with van der Waals surface area (Å²) < 4.78 is 0. The Hall–Kier alpha value is -2.11. The summed E-state index contributed by atoms with van der Waals surface area (Å²) in [7, 11) is 3.29. The highest BCUT2D eigenvalue weighted by Crippen LogP contribution is 2.29. The van der Waals surface area contributed by atoms with Crippen molar-refractivity contribution < 1.29 is 9.72 Å². The van der Waals surface area contributed by atoms with Crippen LogP contribution in [0.5, 0.6) is 0 Å². The Kier molecular flexibility index (Phi) is 5.07. The van der Waals surface area contributed by atoms with E-state index >= 15 is 0 Å². The van der Waals surface area contributed by atoms with Gasteiger partial charge in [0.25, 0.3) is 11.6 Å². The molecule has 0 aliphatic carbocycles. The highest BCUT2D eigenvalue weighted by Gasteiger charge is 2.25. The number of carbonyl (C=O) groups is 1. The molecule has 1 aromatic carbocycles. The van der Waals surface area contributed by atoms with Gasteiger partial charge in [0.2, 0.25) is 0 Å². The number of hydrogen-bond acceptors (Lipinski definition) is 4. The van der Waals surface area contributed by atoms with E-state index < -0.39 is 4.92 Å². The maximum absolute atomic E-state index is 12.5. The third-order valence-electron chi connectivity index (χ3n) is 3.62. The number of nitrogens with zero attached hydrogens (tertiary/aromatic N) is 2. The average molecular weight is 279 g/mol. The molecule has 0 heterocycles. The van der Waals surface area contributed by atoms with Crippen LogP contribution in [0, 0.1) is 16.0 Å². The van der Waals surface area contributed by atoms with E-state index in [-0.39, 0.29) is 23.3 Å². The molecular formula is C14H21N3O3. The van der Waals surface area contributed by atoms with Crippen molar-refractivity contribution in [3.63, 3.8) is 0 Å². The van der Waals surface area contributed by atoms with E-state index in [1.165, 1.54) is 12.1 Å². The van der Waals surface area contributed by atoms with E-state index in [4.69, 9.17) is 0 Å². The maximum atomic E-state index is 12.5. The molecule has 1 amide bonds. The number of nitro benzene ring substituents is 1. The van der Waals surface area contributed by atoms with Gasteiger partial charge in [0.1, 0.15) is 5.69 Å². The van der Waals surface area contributed by atoms with Crippen molar-refractivity contribution in [1.29, 1.82) is 0 Å². The Labute approximate surface area is 118 Å². The highest BCUT2D eigenvalue weighted by atomic mass is 16.6. The van der Waals surface area contributed by atoms with Crippen molar-refractivity contribution in [2.24, 2.45) is 5.92 Å². The summed E-state index contributed by atoms with van der Waals surface area (Å²) in [4.78, 5) is 24.6. The van der Waals surface area contributed by atoms with Crippen LogP contribution in [0.4, 0.5) is 11.4 Å². The molecule has 1 aromatic rings. The van der Waals surface area contributed by atoms with Crippen LogP contribution in [-0.4, -0.2) is 35.9 Å². The Bertz CT molecular complexity index is 514. The molecule has 110 valence electrons. The van der Waals surface area contributed by atoms with E-state index in [0.717, 1.165) is 0 Å². The van der Waals surface area contributed by atoms with Gasteiger partial charge in [-0.05, 0) is 18.9 Å². The molecule has 0 spiro atoms. The fraction of sp³-hybridized carbons (Fsp3) is 0.500. The fourth-order valence-electron chi connectivity index (χ4n) is 1.96. The Morgan fingerprint density at radius 3 is 2.40 bits per heavy atom. The number of anilines is 1. The van der Waals surface area contributed by atoms with Gasteiger partial charge in [-0.1, -0.05) is 19.9 Å². The minimum absolute atomic E-state index is 0.0477. The van der Waals surface area contributed by atoms with Crippen LogP contribution >= 0.6 is 0 Å². The minimum atomic E-state index is -0.492. The zero-order valence-corrected chi connectivity index (χ0v) is 12.5. The van der Waals surface area contributed by atoms with E-state index in [2.05, 4.69) is 5.32 Å². The van der Waals surface area contributed by atoms with Gasteiger partial charge in [-0.3, -0.25) is 14.9 Å². The largest absolute Gasteiger partial charge is 0.382 e. The second-order valence-electron chi connectivity index (χ2n) is 5.11. The molecule has 0 bridgehead atoms. The quantitative estimate of drug-likeness (QED) is 0.664. The number of nitrogens with one attached hydrogen (secondary N) is 1. The first-order valence-electron chi connectivity index (χ1n) is 6.53. The normalized spacial score (nSPS) is 12.1. The average Bonchev–Trinajstić information content (AvgIpc) is 2.43. The Morgan fingerprint density at radius 1 is 1.35 bits per heavy atom. The molecule has 0 saturated heterocycles. The van der Waals surface area contributed by atoms with Crippen molar-refractivity contribution in [3.05, 3.63) is 33.9 Å². The van der Waals surface area contributed by atoms with Gasteiger partial charge in [0, 0.05) is 26.2 Å². The van der Waals surface area contributed by atoms with Crippen molar-refractivity contribution in [2.45, 2.75) is 26.8 Å². The van der Waals surface area contributed by atoms with Crippen LogP contribution in [0.2, 0.25) is 0 Å². The molecule has 1 unspecified atom stereocenters. The number of nitro groups is 1. The molecule has 0 aliphatic rings. The van der Waals surface area contributed by atoms with Crippen LogP contribution in [-0.2, 0) is 0 Å². The molecule has 0 aliphatic heterocycles. The molecule has 0 radical (unpaired) electrons. The van der Waals surface area contributed by atoms with E-state index in [1.54, 1.807) is 25.1 Å². The number of benzene rings is 1. The fourth-order valence-corrected chi connectivity index (χ4v) is 1.96. The van der Waals surface area contributed by atoms with Gasteiger partial charge in [-0.2, -0.15) is 0 Å². The Morgan fingerprint density at radius 2 is 1.95 bits per heavy atom. The molecule has 6 heteroatoms. The van der Waals surface area contributed by atoms with Gasteiger partial charge < -0.3 is 10.2 Å². The lowest BCUT2D eigenvalue weighted by atomic mass is 10.0. The van der Waals surface area contributed by atoms with Gasteiger partial charge in [0.15, 0.2) is 0 Å². The lowest BCUT2D eigenvalue weighted by molar-refractivity contribution is -0.384. The summed E-state index contributed by atoms with van der Waals surface area (Å²) in [5, 5.41) is 13.8.